The number of nitrogens with one attached hydrogen (secondary N) is 1. The van der Waals surface area contributed by atoms with Gasteiger partial charge in [0.15, 0.2) is 0 Å². The first-order valence-corrected chi connectivity index (χ1v) is 10.1. The number of aryl methyl sites for hydroxylation is 1. The third kappa shape index (κ3) is 5.57. The Labute approximate surface area is 173 Å². The molecule has 1 aliphatic heterocycles. The number of amides is 2. The fraction of sp³-hybridized carbons (Fsp3) is 0.391. The SMILES string of the molecule is Cc1cccc(NC(=O)CN(C)CC(=O)N2CCN(c3ccccc3)CC2)c1C. The number of nitrogens with zero attached hydrogens (tertiary/aromatic N) is 3. The number of para-hydroxylation sites is 1. The monoisotopic (exact) mass is 394 g/mol. The van der Waals surface area contributed by atoms with Crippen molar-refractivity contribution in [3.63, 3.8) is 0 Å². The van der Waals surface area contributed by atoms with Crippen LogP contribution in [-0.4, -0.2) is 67.9 Å². The molecule has 0 radical (unpaired) electrons. The molecular formula is C23H30N4O2. The van der Waals surface area contributed by atoms with Gasteiger partial charge in [-0.05, 0) is 50.2 Å². The molecule has 0 unspecified atom stereocenters. The molecule has 2 aromatic rings. The molecule has 0 spiro atoms. The van der Waals surface area contributed by atoms with Crippen LogP contribution in [-0.2, 0) is 9.59 Å². The van der Waals surface area contributed by atoms with E-state index >= 15 is 0 Å². The molecule has 2 amide bonds. The van der Waals surface area contributed by atoms with Gasteiger partial charge < -0.3 is 15.1 Å². The van der Waals surface area contributed by atoms with Gasteiger partial charge in [-0.25, -0.2) is 0 Å². The topological polar surface area (TPSA) is 55.9 Å². The number of benzene rings is 2. The zero-order valence-electron chi connectivity index (χ0n) is 17.5. The highest BCUT2D eigenvalue weighted by atomic mass is 16.2. The first-order valence-electron chi connectivity index (χ1n) is 10.1. The average Bonchev–Trinajstić information content (AvgIpc) is 2.72. The summed E-state index contributed by atoms with van der Waals surface area (Å²) in [6.07, 6.45) is 0. The summed E-state index contributed by atoms with van der Waals surface area (Å²) in [6.45, 7) is 7.50. The number of anilines is 2. The Morgan fingerprint density at radius 2 is 1.62 bits per heavy atom. The average molecular weight is 395 g/mol. The molecule has 3 rings (SSSR count). The van der Waals surface area contributed by atoms with E-state index in [-0.39, 0.29) is 24.9 Å². The fourth-order valence-electron chi connectivity index (χ4n) is 3.56. The van der Waals surface area contributed by atoms with Gasteiger partial charge in [0.25, 0.3) is 0 Å². The van der Waals surface area contributed by atoms with Crippen LogP contribution < -0.4 is 10.2 Å². The second-order valence-electron chi connectivity index (χ2n) is 7.67. The molecule has 6 heteroatoms. The molecule has 1 N–H and O–H groups in total. The summed E-state index contributed by atoms with van der Waals surface area (Å²) in [6, 6.07) is 16.1. The molecule has 154 valence electrons. The number of hydrogen-bond donors (Lipinski definition) is 1. The molecule has 0 aliphatic carbocycles. The molecule has 0 saturated carbocycles. The normalized spacial score (nSPS) is 14.2. The maximum atomic E-state index is 12.6. The lowest BCUT2D eigenvalue weighted by atomic mass is 10.1. The smallest absolute Gasteiger partial charge is 0.238 e. The first-order chi connectivity index (χ1) is 13.9. The van der Waals surface area contributed by atoms with Gasteiger partial charge in [-0.15, -0.1) is 0 Å². The van der Waals surface area contributed by atoms with Crippen LogP contribution in [0.25, 0.3) is 0 Å². The summed E-state index contributed by atoms with van der Waals surface area (Å²) in [5.41, 5.74) is 4.23. The Balaban J connectivity index is 1.44. The van der Waals surface area contributed by atoms with E-state index in [2.05, 4.69) is 22.3 Å². The molecule has 1 fully saturated rings. The quantitative estimate of drug-likeness (QED) is 0.818. The fourth-order valence-corrected chi connectivity index (χ4v) is 3.56. The second kappa shape index (κ2) is 9.56. The zero-order valence-corrected chi connectivity index (χ0v) is 17.5. The molecule has 1 saturated heterocycles. The second-order valence-corrected chi connectivity index (χ2v) is 7.67. The number of piperazine rings is 1. The predicted molar refractivity (Wildman–Crippen MR) is 117 cm³/mol. The Morgan fingerprint density at radius 3 is 2.31 bits per heavy atom. The summed E-state index contributed by atoms with van der Waals surface area (Å²) < 4.78 is 0. The molecule has 0 atom stereocenters. The largest absolute Gasteiger partial charge is 0.368 e. The number of rotatable bonds is 6. The molecular weight excluding hydrogens is 364 g/mol. The van der Waals surface area contributed by atoms with E-state index in [9.17, 15) is 9.59 Å². The van der Waals surface area contributed by atoms with Crippen molar-refractivity contribution in [1.82, 2.24) is 9.80 Å². The lowest BCUT2D eigenvalue weighted by Crippen LogP contribution is -2.51. The van der Waals surface area contributed by atoms with E-state index in [0.29, 0.717) is 13.1 Å². The Bertz CT molecular complexity index is 845. The van der Waals surface area contributed by atoms with Crippen molar-refractivity contribution in [2.24, 2.45) is 0 Å². The minimum absolute atomic E-state index is 0.0692. The highest BCUT2D eigenvalue weighted by Gasteiger charge is 2.22. The predicted octanol–water partition coefficient (Wildman–Crippen LogP) is 2.52. The molecule has 29 heavy (non-hydrogen) atoms. The van der Waals surface area contributed by atoms with Crippen molar-refractivity contribution in [2.45, 2.75) is 13.8 Å². The maximum Gasteiger partial charge on any atom is 0.238 e. The molecule has 2 aromatic carbocycles. The van der Waals surface area contributed by atoms with Gasteiger partial charge in [0.1, 0.15) is 0 Å². The Hall–Kier alpha value is -2.86. The van der Waals surface area contributed by atoms with Gasteiger partial charge >= 0.3 is 0 Å². The Kier molecular flexibility index (Phi) is 6.88. The van der Waals surface area contributed by atoms with Crippen LogP contribution in [0.1, 0.15) is 11.1 Å². The standard InChI is InChI=1S/C23H30N4O2/c1-18-8-7-11-21(19(18)2)24-22(28)16-25(3)17-23(29)27-14-12-26(13-15-27)20-9-5-4-6-10-20/h4-11H,12-17H2,1-3H3,(H,24,28). The molecule has 6 nitrogen and oxygen atoms in total. The van der Waals surface area contributed by atoms with Crippen molar-refractivity contribution in [3.8, 4) is 0 Å². The van der Waals surface area contributed by atoms with Crippen LogP contribution >= 0.6 is 0 Å². The number of carbonyl (C=O) groups excluding carboxylic acids is 2. The van der Waals surface area contributed by atoms with Gasteiger partial charge in [0.2, 0.25) is 11.8 Å². The van der Waals surface area contributed by atoms with Crippen molar-refractivity contribution in [2.75, 3.05) is 56.5 Å². The zero-order chi connectivity index (χ0) is 20.8. The van der Waals surface area contributed by atoms with Gasteiger partial charge in [0.05, 0.1) is 13.1 Å². The first kappa shape index (κ1) is 20.9. The number of hydrogen-bond acceptors (Lipinski definition) is 4. The summed E-state index contributed by atoms with van der Waals surface area (Å²) in [5, 5.41) is 2.95. The van der Waals surface area contributed by atoms with Gasteiger partial charge in [-0.2, -0.15) is 0 Å². The van der Waals surface area contributed by atoms with E-state index < -0.39 is 0 Å². The van der Waals surface area contributed by atoms with Crippen molar-refractivity contribution >= 4 is 23.2 Å². The van der Waals surface area contributed by atoms with E-state index in [4.69, 9.17) is 0 Å². The molecule has 1 heterocycles. The van der Waals surface area contributed by atoms with Crippen molar-refractivity contribution in [3.05, 3.63) is 59.7 Å². The van der Waals surface area contributed by atoms with Crippen molar-refractivity contribution < 1.29 is 9.59 Å². The molecule has 0 bridgehead atoms. The summed E-state index contributed by atoms with van der Waals surface area (Å²) >= 11 is 0. The van der Waals surface area contributed by atoms with Crippen LogP contribution in [0.3, 0.4) is 0 Å². The number of likely N-dealkylation sites (N-methyl/N-ethyl adjacent to an activating group) is 1. The molecule has 1 aliphatic rings. The van der Waals surface area contributed by atoms with E-state index in [1.165, 1.54) is 5.69 Å². The van der Waals surface area contributed by atoms with E-state index in [0.717, 1.165) is 29.9 Å². The maximum absolute atomic E-state index is 12.6. The minimum atomic E-state index is -0.108. The van der Waals surface area contributed by atoms with Crippen LogP contribution in [0.15, 0.2) is 48.5 Å². The highest BCUT2D eigenvalue weighted by Crippen LogP contribution is 2.18. The third-order valence-corrected chi connectivity index (χ3v) is 5.45. The van der Waals surface area contributed by atoms with Crippen LogP contribution in [0, 0.1) is 13.8 Å². The Morgan fingerprint density at radius 1 is 0.931 bits per heavy atom. The van der Waals surface area contributed by atoms with Gasteiger partial charge in [-0.3, -0.25) is 14.5 Å². The van der Waals surface area contributed by atoms with E-state index in [1.807, 2.05) is 55.1 Å². The third-order valence-electron chi connectivity index (χ3n) is 5.45. The lowest BCUT2D eigenvalue weighted by Gasteiger charge is -2.36. The minimum Gasteiger partial charge on any atom is -0.368 e. The highest BCUT2D eigenvalue weighted by molar-refractivity contribution is 5.93. The summed E-state index contributed by atoms with van der Waals surface area (Å²) in [7, 11) is 1.81. The van der Waals surface area contributed by atoms with E-state index in [1.54, 1.807) is 11.9 Å². The lowest BCUT2D eigenvalue weighted by molar-refractivity contribution is -0.132. The molecule has 0 aromatic heterocycles. The summed E-state index contributed by atoms with van der Waals surface area (Å²) in [4.78, 5) is 30.9. The van der Waals surface area contributed by atoms with Gasteiger partial charge in [0, 0.05) is 37.6 Å². The van der Waals surface area contributed by atoms with Crippen LogP contribution in [0.2, 0.25) is 0 Å². The van der Waals surface area contributed by atoms with Crippen molar-refractivity contribution in [1.29, 1.82) is 0 Å². The summed E-state index contributed by atoms with van der Waals surface area (Å²) in [5.74, 6) is -0.0392. The van der Waals surface area contributed by atoms with Crippen LogP contribution in [0.4, 0.5) is 11.4 Å². The van der Waals surface area contributed by atoms with Crippen LogP contribution in [0.5, 0.6) is 0 Å². The number of carbonyl (C=O) groups is 2. The van der Waals surface area contributed by atoms with Gasteiger partial charge in [-0.1, -0.05) is 30.3 Å².